The lowest BCUT2D eigenvalue weighted by atomic mass is 10.2. The highest BCUT2D eigenvalue weighted by Crippen LogP contribution is 2.18. The molecule has 0 radical (unpaired) electrons. The van der Waals surface area contributed by atoms with Crippen LogP contribution in [-0.4, -0.2) is 13.0 Å². The van der Waals surface area contributed by atoms with E-state index in [4.69, 9.17) is 11.6 Å². The minimum atomic E-state index is 0.00989. The molecule has 0 saturated heterocycles. The summed E-state index contributed by atoms with van der Waals surface area (Å²) < 4.78 is 0. The molecule has 0 bridgehead atoms. The number of carbonyl (C=O) groups excluding carboxylic acids is 1. The van der Waals surface area contributed by atoms with Gasteiger partial charge in [0.2, 0.25) is 5.91 Å². The summed E-state index contributed by atoms with van der Waals surface area (Å²) in [5, 5.41) is 0.680. The van der Waals surface area contributed by atoms with Crippen LogP contribution in [0.15, 0.2) is 24.3 Å². The maximum absolute atomic E-state index is 11.6. The molecule has 0 saturated carbocycles. The summed E-state index contributed by atoms with van der Waals surface area (Å²) in [4.78, 5) is 13.3. The maximum Gasteiger partial charge on any atom is 0.229 e. The number of halogens is 1. The largest absolute Gasteiger partial charge is 0.315 e. The Hall–Kier alpha value is -1.02. The Kier molecular flexibility index (Phi) is 3.53. The zero-order valence-electron chi connectivity index (χ0n) is 8.62. The average molecular weight is 212 g/mol. The van der Waals surface area contributed by atoms with E-state index in [0.29, 0.717) is 5.02 Å². The standard InChI is InChI=1S/C11H14ClNO/c1-8(2)11(14)13(3)10-6-4-9(12)5-7-10/h4-8H,1-3H3. The third-order valence-corrected chi connectivity index (χ3v) is 2.29. The van der Waals surface area contributed by atoms with Crippen molar-refractivity contribution in [3.8, 4) is 0 Å². The van der Waals surface area contributed by atoms with Gasteiger partial charge in [-0.05, 0) is 24.3 Å². The van der Waals surface area contributed by atoms with E-state index in [9.17, 15) is 4.79 Å². The molecule has 0 atom stereocenters. The van der Waals surface area contributed by atoms with Crippen LogP contribution in [0.3, 0.4) is 0 Å². The number of carbonyl (C=O) groups is 1. The molecule has 1 aromatic rings. The van der Waals surface area contributed by atoms with Crippen LogP contribution in [0.4, 0.5) is 5.69 Å². The fourth-order valence-electron chi connectivity index (χ4n) is 1.18. The molecule has 3 heteroatoms. The topological polar surface area (TPSA) is 20.3 Å². The van der Waals surface area contributed by atoms with Crippen molar-refractivity contribution in [1.29, 1.82) is 0 Å². The lowest BCUT2D eigenvalue weighted by Crippen LogP contribution is -2.30. The van der Waals surface area contributed by atoms with Gasteiger partial charge in [0, 0.05) is 23.7 Å². The summed E-state index contributed by atoms with van der Waals surface area (Å²) >= 11 is 5.76. The van der Waals surface area contributed by atoms with Gasteiger partial charge >= 0.3 is 0 Å². The first-order valence-corrected chi connectivity index (χ1v) is 4.93. The van der Waals surface area contributed by atoms with Crippen molar-refractivity contribution in [3.63, 3.8) is 0 Å². The molecule has 2 nitrogen and oxygen atoms in total. The van der Waals surface area contributed by atoms with E-state index in [1.165, 1.54) is 0 Å². The summed E-state index contributed by atoms with van der Waals surface area (Å²) in [5.74, 6) is 0.114. The summed E-state index contributed by atoms with van der Waals surface area (Å²) in [5.41, 5.74) is 0.869. The van der Waals surface area contributed by atoms with Gasteiger partial charge < -0.3 is 4.90 Å². The number of nitrogens with zero attached hydrogens (tertiary/aromatic N) is 1. The quantitative estimate of drug-likeness (QED) is 0.737. The Morgan fingerprint density at radius 2 is 1.79 bits per heavy atom. The van der Waals surface area contributed by atoms with Gasteiger partial charge in [-0.3, -0.25) is 4.79 Å². The van der Waals surface area contributed by atoms with Gasteiger partial charge in [-0.2, -0.15) is 0 Å². The van der Waals surface area contributed by atoms with Gasteiger partial charge in [0.05, 0.1) is 0 Å². The fourth-order valence-corrected chi connectivity index (χ4v) is 1.31. The van der Waals surface area contributed by atoms with Crippen molar-refractivity contribution in [3.05, 3.63) is 29.3 Å². The Morgan fingerprint density at radius 1 is 1.29 bits per heavy atom. The number of hydrogen-bond acceptors (Lipinski definition) is 1. The van der Waals surface area contributed by atoms with E-state index in [2.05, 4.69) is 0 Å². The Bertz CT molecular complexity index is 319. The fraction of sp³-hybridized carbons (Fsp3) is 0.364. The van der Waals surface area contributed by atoms with Crippen molar-refractivity contribution in [2.24, 2.45) is 5.92 Å². The molecular weight excluding hydrogens is 198 g/mol. The predicted octanol–water partition coefficient (Wildman–Crippen LogP) is 2.96. The molecule has 14 heavy (non-hydrogen) atoms. The molecule has 0 spiro atoms. The van der Waals surface area contributed by atoms with Crippen molar-refractivity contribution < 1.29 is 4.79 Å². The van der Waals surface area contributed by atoms with E-state index in [-0.39, 0.29) is 11.8 Å². The normalized spacial score (nSPS) is 10.4. The van der Waals surface area contributed by atoms with E-state index in [1.807, 2.05) is 26.0 Å². The zero-order chi connectivity index (χ0) is 10.7. The van der Waals surface area contributed by atoms with Crippen LogP contribution in [0.1, 0.15) is 13.8 Å². The van der Waals surface area contributed by atoms with Gasteiger partial charge in [0.25, 0.3) is 0 Å². The lowest BCUT2D eigenvalue weighted by molar-refractivity contribution is -0.121. The molecule has 76 valence electrons. The van der Waals surface area contributed by atoms with Crippen LogP contribution in [0.2, 0.25) is 5.02 Å². The van der Waals surface area contributed by atoms with Crippen LogP contribution >= 0.6 is 11.6 Å². The van der Waals surface area contributed by atoms with Crippen LogP contribution in [-0.2, 0) is 4.79 Å². The third-order valence-electron chi connectivity index (χ3n) is 2.04. The average Bonchev–Trinajstić information content (AvgIpc) is 2.16. The van der Waals surface area contributed by atoms with Gasteiger partial charge in [-0.25, -0.2) is 0 Å². The number of hydrogen-bond donors (Lipinski definition) is 0. The second kappa shape index (κ2) is 4.47. The molecule has 1 aromatic carbocycles. The molecule has 0 fully saturated rings. The Morgan fingerprint density at radius 3 is 2.21 bits per heavy atom. The molecule has 0 unspecified atom stereocenters. The first-order valence-electron chi connectivity index (χ1n) is 4.55. The number of benzene rings is 1. The monoisotopic (exact) mass is 211 g/mol. The van der Waals surface area contributed by atoms with Crippen molar-refractivity contribution in [2.45, 2.75) is 13.8 Å². The van der Waals surface area contributed by atoms with Crippen molar-refractivity contribution >= 4 is 23.2 Å². The zero-order valence-corrected chi connectivity index (χ0v) is 9.38. The maximum atomic E-state index is 11.6. The van der Waals surface area contributed by atoms with Gasteiger partial charge in [0.15, 0.2) is 0 Å². The second-order valence-corrected chi connectivity index (χ2v) is 3.96. The summed E-state index contributed by atoms with van der Waals surface area (Å²) in [6, 6.07) is 7.23. The highest BCUT2D eigenvalue weighted by Gasteiger charge is 2.13. The first-order chi connectivity index (χ1) is 6.52. The van der Waals surface area contributed by atoms with Gasteiger partial charge in [0.1, 0.15) is 0 Å². The van der Waals surface area contributed by atoms with E-state index in [1.54, 1.807) is 24.1 Å². The minimum absolute atomic E-state index is 0.00989. The van der Waals surface area contributed by atoms with Crippen LogP contribution in [0.5, 0.6) is 0 Å². The molecule has 0 heterocycles. The molecular formula is C11H14ClNO. The SMILES string of the molecule is CC(C)C(=O)N(C)c1ccc(Cl)cc1. The molecule has 1 amide bonds. The van der Waals surface area contributed by atoms with Crippen molar-refractivity contribution in [1.82, 2.24) is 0 Å². The van der Waals surface area contributed by atoms with Gasteiger partial charge in [-0.1, -0.05) is 25.4 Å². The lowest BCUT2D eigenvalue weighted by Gasteiger charge is -2.19. The van der Waals surface area contributed by atoms with Crippen molar-refractivity contribution in [2.75, 3.05) is 11.9 Å². The second-order valence-electron chi connectivity index (χ2n) is 3.53. The summed E-state index contributed by atoms with van der Waals surface area (Å²) in [6.07, 6.45) is 0. The Labute approximate surface area is 89.5 Å². The van der Waals surface area contributed by atoms with E-state index in [0.717, 1.165) is 5.69 Å². The number of anilines is 1. The first kappa shape index (κ1) is 11.1. The third kappa shape index (κ3) is 2.48. The minimum Gasteiger partial charge on any atom is -0.315 e. The highest BCUT2D eigenvalue weighted by atomic mass is 35.5. The Balaban J connectivity index is 2.84. The molecule has 0 aliphatic heterocycles. The van der Waals surface area contributed by atoms with E-state index < -0.39 is 0 Å². The highest BCUT2D eigenvalue weighted by molar-refractivity contribution is 6.30. The number of amides is 1. The molecule has 0 aliphatic rings. The van der Waals surface area contributed by atoms with Crippen LogP contribution in [0.25, 0.3) is 0 Å². The van der Waals surface area contributed by atoms with E-state index >= 15 is 0 Å². The molecule has 0 aliphatic carbocycles. The number of rotatable bonds is 2. The van der Waals surface area contributed by atoms with Gasteiger partial charge in [-0.15, -0.1) is 0 Å². The smallest absolute Gasteiger partial charge is 0.229 e. The molecule has 1 rings (SSSR count). The van der Waals surface area contributed by atoms with Crippen LogP contribution in [0, 0.1) is 5.92 Å². The summed E-state index contributed by atoms with van der Waals surface area (Å²) in [7, 11) is 1.77. The molecule has 0 N–H and O–H groups in total. The predicted molar refractivity (Wildman–Crippen MR) is 59.7 cm³/mol. The summed E-state index contributed by atoms with van der Waals surface area (Å²) in [6.45, 7) is 3.77. The molecule has 0 aromatic heterocycles. The van der Waals surface area contributed by atoms with Crippen LogP contribution < -0.4 is 4.90 Å².